The van der Waals surface area contributed by atoms with Crippen LogP contribution >= 0.6 is 0 Å². The molecule has 1 heterocycles. The highest BCUT2D eigenvalue weighted by atomic mass is 16.6. The van der Waals surface area contributed by atoms with Gasteiger partial charge in [0.2, 0.25) is 0 Å². The van der Waals surface area contributed by atoms with Crippen molar-refractivity contribution >= 4 is 11.6 Å². The molecule has 1 atom stereocenters. The first kappa shape index (κ1) is 20.6. The Morgan fingerprint density at radius 2 is 1.81 bits per heavy atom. The summed E-state index contributed by atoms with van der Waals surface area (Å²) in [5.74, 6) is 0.536. The normalized spacial score (nSPS) is 12.2. The van der Waals surface area contributed by atoms with Crippen molar-refractivity contribution in [2.24, 2.45) is 5.92 Å². The lowest BCUT2D eigenvalue weighted by molar-refractivity contribution is -0.386. The number of amides is 1. The lowest BCUT2D eigenvalue weighted by atomic mass is 10.0. The highest BCUT2D eigenvalue weighted by Gasteiger charge is 2.21. The molecule has 0 spiro atoms. The van der Waals surface area contributed by atoms with Crippen LogP contribution in [0.25, 0.3) is 0 Å². The number of hydrogen-bond donors (Lipinski definition) is 1. The first-order valence-electron chi connectivity index (χ1n) is 9.27. The topological polar surface area (TPSA) is 90.1 Å². The summed E-state index contributed by atoms with van der Waals surface area (Å²) in [6.07, 6.45) is 2.04. The monoisotopic (exact) mass is 372 g/mol. The summed E-state index contributed by atoms with van der Waals surface area (Å²) in [6, 6.07) is 7.40. The van der Waals surface area contributed by atoms with Crippen molar-refractivity contribution in [2.75, 3.05) is 0 Å². The zero-order chi connectivity index (χ0) is 20.1. The Labute approximate surface area is 159 Å². The van der Waals surface area contributed by atoms with Crippen LogP contribution < -0.4 is 5.32 Å². The van der Waals surface area contributed by atoms with Crippen LogP contribution in [0.4, 0.5) is 5.69 Å². The third-order valence-electron chi connectivity index (χ3n) is 4.63. The van der Waals surface area contributed by atoms with E-state index in [1.165, 1.54) is 0 Å². The van der Waals surface area contributed by atoms with Gasteiger partial charge in [0.15, 0.2) is 0 Å². The van der Waals surface area contributed by atoms with Gasteiger partial charge in [-0.05, 0) is 57.2 Å². The molecule has 1 N–H and O–H groups in total. The van der Waals surface area contributed by atoms with Gasteiger partial charge in [0.05, 0.1) is 11.5 Å². The summed E-state index contributed by atoms with van der Waals surface area (Å²) >= 11 is 0. The van der Waals surface area contributed by atoms with E-state index in [0.717, 1.165) is 18.4 Å². The summed E-state index contributed by atoms with van der Waals surface area (Å²) in [7, 11) is 0. The molecule has 0 bridgehead atoms. The van der Waals surface area contributed by atoms with E-state index in [1.54, 1.807) is 30.7 Å². The summed E-state index contributed by atoms with van der Waals surface area (Å²) < 4.78 is 1.62. The second-order valence-electron chi connectivity index (χ2n) is 7.48. The second-order valence-corrected chi connectivity index (χ2v) is 7.48. The average Bonchev–Trinajstić information content (AvgIpc) is 2.87. The van der Waals surface area contributed by atoms with Gasteiger partial charge >= 0.3 is 5.69 Å². The first-order chi connectivity index (χ1) is 12.7. The number of rotatable bonds is 8. The Balaban J connectivity index is 2.02. The van der Waals surface area contributed by atoms with Gasteiger partial charge in [-0.2, -0.15) is 5.10 Å². The number of nitrogens with zero attached hydrogens (tertiary/aromatic N) is 3. The molecule has 0 aliphatic heterocycles. The van der Waals surface area contributed by atoms with Crippen molar-refractivity contribution in [2.45, 2.75) is 60.0 Å². The summed E-state index contributed by atoms with van der Waals surface area (Å²) in [5, 5.41) is 18.4. The van der Waals surface area contributed by atoms with Crippen LogP contribution in [0.3, 0.4) is 0 Å². The maximum Gasteiger partial charge on any atom is 0.312 e. The van der Waals surface area contributed by atoms with Gasteiger partial charge in [0.25, 0.3) is 5.91 Å². The third-order valence-corrected chi connectivity index (χ3v) is 4.63. The quantitative estimate of drug-likeness (QED) is 0.560. The Kier molecular flexibility index (Phi) is 6.71. The molecule has 7 nitrogen and oxygen atoms in total. The maximum atomic E-state index is 12.3. The molecule has 7 heteroatoms. The molecular weight excluding hydrogens is 344 g/mol. The summed E-state index contributed by atoms with van der Waals surface area (Å²) in [5.41, 5.74) is 2.53. The number of carbonyl (C=O) groups excluding carboxylic acids is 1. The maximum absolute atomic E-state index is 12.3. The van der Waals surface area contributed by atoms with Gasteiger partial charge in [-0.15, -0.1) is 0 Å². The summed E-state index contributed by atoms with van der Waals surface area (Å²) in [4.78, 5) is 23.0. The van der Waals surface area contributed by atoms with E-state index < -0.39 is 4.92 Å². The molecule has 0 aliphatic carbocycles. The lowest BCUT2D eigenvalue weighted by Crippen LogP contribution is -2.32. The van der Waals surface area contributed by atoms with Crippen molar-refractivity contribution in [1.29, 1.82) is 0 Å². The number of aromatic nitrogens is 2. The van der Waals surface area contributed by atoms with Gasteiger partial charge in [-0.3, -0.25) is 19.6 Å². The fourth-order valence-electron chi connectivity index (χ4n) is 3.00. The van der Waals surface area contributed by atoms with Crippen LogP contribution in [-0.4, -0.2) is 26.7 Å². The molecule has 0 radical (unpaired) electrons. The third kappa shape index (κ3) is 5.39. The van der Waals surface area contributed by atoms with Gasteiger partial charge in [0.1, 0.15) is 11.4 Å². The minimum Gasteiger partial charge on any atom is -0.350 e. The molecule has 146 valence electrons. The minimum atomic E-state index is -0.401. The van der Waals surface area contributed by atoms with Gasteiger partial charge < -0.3 is 5.32 Å². The molecule has 0 aliphatic rings. The lowest BCUT2D eigenvalue weighted by Gasteiger charge is -2.15. The second kappa shape index (κ2) is 8.79. The van der Waals surface area contributed by atoms with Crippen molar-refractivity contribution in [1.82, 2.24) is 15.1 Å². The van der Waals surface area contributed by atoms with E-state index in [1.807, 2.05) is 19.1 Å². The number of nitrogens with one attached hydrogen (secondary N) is 1. The molecule has 2 aromatic rings. The zero-order valence-electron chi connectivity index (χ0n) is 16.7. The molecule has 1 unspecified atom stereocenters. The molecule has 0 saturated heterocycles. The average molecular weight is 372 g/mol. The molecule has 0 saturated carbocycles. The van der Waals surface area contributed by atoms with Crippen molar-refractivity contribution in [3.63, 3.8) is 0 Å². The predicted molar refractivity (Wildman–Crippen MR) is 105 cm³/mol. The summed E-state index contributed by atoms with van der Waals surface area (Å²) in [6.45, 7) is 10.1. The number of hydrogen-bond acceptors (Lipinski definition) is 4. The van der Waals surface area contributed by atoms with Crippen molar-refractivity contribution < 1.29 is 9.72 Å². The molecule has 2 rings (SSSR count). The number of benzene rings is 1. The van der Waals surface area contributed by atoms with E-state index in [-0.39, 0.29) is 17.6 Å². The van der Waals surface area contributed by atoms with E-state index in [2.05, 4.69) is 24.3 Å². The number of carbonyl (C=O) groups is 1. The van der Waals surface area contributed by atoms with Crippen LogP contribution in [0.1, 0.15) is 60.9 Å². The van der Waals surface area contributed by atoms with E-state index in [0.29, 0.717) is 29.4 Å². The zero-order valence-corrected chi connectivity index (χ0v) is 16.7. The molecule has 0 fully saturated rings. The molecular formula is C20H28N4O3. The van der Waals surface area contributed by atoms with E-state index in [4.69, 9.17) is 0 Å². The van der Waals surface area contributed by atoms with Crippen LogP contribution in [-0.2, 0) is 6.54 Å². The molecule has 1 aromatic heterocycles. The first-order valence-corrected chi connectivity index (χ1v) is 9.27. The largest absolute Gasteiger partial charge is 0.350 e. The van der Waals surface area contributed by atoms with E-state index >= 15 is 0 Å². The Morgan fingerprint density at radius 3 is 2.33 bits per heavy atom. The van der Waals surface area contributed by atoms with Crippen LogP contribution in [0.15, 0.2) is 24.3 Å². The smallest absolute Gasteiger partial charge is 0.312 e. The number of aryl methyl sites for hydroxylation is 1. The standard InChI is InChI=1S/C20H28N4O3/c1-13(2)6-7-14(3)21-20(25)18-10-8-17(9-11-18)12-23-16(5)19(24(26)27)15(4)22-23/h8-11,13-14H,6-7,12H2,1-5H3,(H,21,25). The van der Waals surface area contributed by atoms with Gasteiger partial charge in [-0.1, -0.05) is 26.0 Å². The Bertz CT molecular complexity index is 809. The van der Waals surface area contributed by atoms with Crippen molar-refractivity contribution in [3.8, 4) is 0 Å². The molecule has 1 aromatic carbocycles. The van der Waals surface area contributed by atoms with Crippen LogP contribution in [0.2, 0.25) is 0 Å². The van der Waals surface area contributed by atoms with Gasteiger partial charge in [0, 0.05) is 11.6 Å². The fraction of sp³-hybridized carbons (Fsp3) is 0.500. The predicted octanol–water partition coefficient (Wildman–Crippen LogP) is 4.01. The van der Waals surface area contributed by atoms with Gasteiger partial charge in [-0.25, -0.2) is 0 Å². The Morgan fingerprint density at radius 1 is 1.19 bits per heavy atom. The minimum absolute atomic E-state index is 0.0568. The number of nitro groups is 1. The highest BCUT2D eigenvalue weighted by molar-refractivity contribution is 5.94. The van der Waals surface area contributed by atoms with Crippen LogP contribution in [0, 0.1) is 29.9 Å². The van der Waals surface area contributed by atoms with E-state index in [9.17, 15) is 14.9 Å². The highest BCUT2D eigenvalue weighted by Crippen LogP contribution is 2.22. The van der Waals surface area contributed by atoms with Crippen molar-refractivity contribution in [3.05, 3.63) is 56.9 Å². The fourth-order valence-corrected chi connectivity index (χ4v) is 3.00. The molecule has 27 heavy (non-hydrogen) atoms. The molecule has 1 amide bonds. The Hall–Kier alpha value is -2.70. The van der Waals surface area contributed by atoms with Crippen LogP contribution in [0.5, 0.6) is 0 Å². The SMILES string of the molecule is Cc1nn(Cc2ccc(C(=O)NC(C)CCC(C)C)cc2)c(C)c1[N+](=O)[O-].